The normalized spacial score (nSPS) is 10.6. The minimum absolute atomic E-state index is 0.378. The molecule has 3 rings (SSSR count). The van der Waals surface area contributed by atoms with Gasteiger partial charge in [-0.3, -0.25) is 0 Å². The summed E-state index contributed by atoms with van der Waals surface area (Å²) >= 11 is 9.86. The van der Waals surface area contributed by atoms with Gasteiger partial charge in [-0.2, -0.15) is 0 Å². The number of aryl methyl sites for hydroxylation is 2. The fourth-order valence-electron chi connectivity index (χ4n) is 2.80. The van der Waals surface area contributed by atoms with E-state index >= 15 is 0 Å². The van der Waals surface area contributed by atoms with E-state index in [1.165, 1.54) is 11.1 Å². The number of nitrogens with one attached hydrogen (secondary N) is 1. The maximum absolute atomic E-state index is 6.21. The van der Waals surface area contributed by atoms with E-state index in [1.54, 1.807) is 7.11 Å². The minimum atomic E-state index is 0.378. The average molecular weight is 461 g/mol. The van der Waals surface area contributed by atoms with E-state index < -0.39 is 0 Å². The number of hydrogen-bond acceptors (Lipinski definition) is 3. The molecule has 0 spiro atoms. The predicted octanol–water partition coefficient (Wildman–Crippen LogP) is 6.92. The van der Waals surface area contributed by atoms with Crippen molar-refractivity contribution < 1.29 is 9.47 Å². The number of methoxy groups -OCH3 is 1. The summed E-state index contributed by atoms with van der Waals surface area (Å²) in [6.07, 6.45) is 0. The van der Waals surface area contributed by atoms with Gasteiger partial charge in [0.05, 0.1) is 7.11 Å². The third kappa shape index (κ3) is 5.00. The summed E-state index contributed by atoms with van der Waals surface area (Å²) in [6, 6.07) is 17.9. The molecule has 0 aliphatic carbocycles. The van der Waals surface area contributed by atoms with Gasteiger partial charge in [0.2, 0.25) is 0 Å². The van der Waals surface area contributed by atoms with Crippen molar-refractivity contribution in [3.63, 3.8) is 0 Å². The summed E-state index contributed by atoms with van der Waals surface area (Å²) in [4.78, 5) is 0. The SMILES string of the molecule is COc1cc(CNc2ccc(C)c(C)c2)c(Br)cc1OCc1ccccc1Cl. The van der Waals surface area contributed by atoms with Crippen molar-refractivity contribution in [3.8, 4) is 11.5 Å². The molecule has 0 saturated heterocycles. The first-order valence-corrected chi connectivity index (χ1v) is 10.2. The van der Waals surface area contributed by atoms with Gasteiger partial charge in [-0.15, -0.1) is 0 Å². The van der Waals surface area contributed by atoms with E-state index in [0.717, 1.165) is 21.3 Å². The molecule has 0 aromatic heterocycles. The first-order chi connectivity index (χ1) is 13.5. The number of rotatable bonds is 7. The highest BCUT2D eigenvalue weighted by molar-refractivity contribution is 9.10. The van der Waals surface area contributed by atoms with Crippen molar-refractivity contribution in [1.82, 2.24) is 0 Å². The van der Waals surface area contributed by atoms with Crippen LogP contribution < -0.4 is 14.8 Å². The number of benzene rings is 3. The Morgan fingerprint density at radius 2 is 1.71 bits per heavy atom. The Bertz CT molecular complexity index is 975. The molecule has 28 heavy (non-hydrogen) atoms. The summed E-state index contributed by atoms with van der Waals surface area (Å²) in [7, 11) is 1.64. The Labute approximate surface area is 179 Å². The first-order valence-electron chi connectivity index (χ1n) is 9.01. The Morgan fingerprint density at radius 3 is 2.43 bits per heavy atom. The molecule has 0 atom stereocenters. The molecule has 0 amide bonds. The summed E-state index contributed by atoms with van der Waals surface area (Å²) in [5.74, 6) is 1.36. The van der Waals surface area contributed by atoms with Crippen LogP contribution in [0.5, 0.6) is 11.5 Å². The van der Waals surface area contributed by atoms with Crippen LogP contribution in [0.15, 0.2) is 59.1 Å². The van der Waals surface area contributed by atoms with Crippen LogP contribution in [0.4, 0.5) is 5.69 Å². The second-order valence-electron chi connectivity index (χ2n) is 6.63. The maximum Gasteiger partial charge on any atom is 0.162 e. The standard InChI is InChI=1S/C23H23BrClNO2/c1-15-8-9-19(10-16(15)2)26-13-18-11-22(27-3)23(12-20(18)24)28-14-17-6-4-5-7-21(17)25/h4-12,26H,13-14H2,1-3H3. The van der Waals surface area contributed by atoms with Gasteiger partial charge in [-0.1, -0.05) is 51.8 Å². The van der Waals surface area contributed by atoms with Crippen LogP contribution in [-0.2, 0) is 13.2 Å². The van der Waals surface area contributed by atoms with Crippen molar-refractivity contribution in [2.24, 2.45) is 0 Å². The molecule has 1 N–H and O–H groups in total. The molecule has 0 heterocycles. The minimum Gasteiger partial charge on any atom is -0.493 e. The molecule has 0 saturated carbocycles. The van der Waals surface area contributed by atoms with E-state index in [-0.39, 0.29) is 0 Å². The average Bonchev–Trinajstić information content (AvgIpc) is 2.69. The molecule has 0 fully saturated rings. The smallest absolute Gasteiger partial charge is 0.162 e. The zero-order valence-electron chi connectivity index (χ0n) is 16.2. The molecular weight excluding hydrogens is 438 g/mol. The topological polar surface area (TPSA) is 30.5 Å². The third-order valence-electron chi connectivity index (χ3n) is 4.66. The largest absolute Gasteiger partial charge is 0.493 e. The molecule has 3 nitrogen and oxygen atoms in total. The zero-order valence-corrected chi connectivity index (χ0v) is 18.5. The Hall–Kier alpha value is -2.17. The van der Waals surface area contributed by atoms with Crippen LogP contribution in [0.2, 0.25) is 5.02 Å². The lowest BCUT2D eigenvalue weighted by atomic mass is 10.1. The van der Waals surface area contributed by atoms with Crippen molar-refractivity contribution in [1.29, 1.82) is 0 Å². The second kappa shape index (κ2) is 9.35. The van der Waals surface area contributed by atoms with Gasteiger partial charge in [0, 0.05) is 27.3 Å². The molecule has 3 aromatic rings. The highest BCUT2D eigenvalue weighted by Crippen LogP contribution is 2.35. The monoisotopic (exact) mass is 459 g/mol. The van der Waals surface area contributed by atoms with Gasteiger partial charge in [-0.05, 0) is 60.9 Å². The van der Waals surface area contributed by atoms with Crippen LogP contribution in [0.1, 0.15) is 22.3 Å². The van der Waals surface area contributed by atoms with Gasteiger partial charge in [0.1, 0.15) is 6.61 Å². The summed E-state index contributed by atoms with van der Waals surface area (Å²) in [5.41, 5.74) is 5.66. The van der Waals surface area contributed by atoms with Gasteiger partial charge in [-0.25, -0.2) is 0 Å². The molecule has 5 heteroatoms. The molecule has 0 unspecified atom stereocenters. The van der Waals surface area contributed by atoms with Crippen molar-refractivity contribution in [2.75, 3.05) is 12.4 Å². The molecule has 0 radical (unpaired) electrons. The fraction of sp³-hybridized carbons (Fsp3) is 0.217. The summed E-state index contributed by atoms with van der Waals surface area (Å²) in [6.45, 7) is 5.28. The summed E-state index contributed by atoms with van der Waals surface area (Å²) < 4.78 is 12.5. The highest BCUT2D eigenvalue weighted by atomic mass is 79.9. The van der Waals surface area contributed by atoms with Crippen molar-refractivity contribution >= 4 is 33.2 Å². The molecule has 0 bridgehead atoms. The number of halogens is 2. The molecular formula is C23H23BrClNO2. The first kappa shape index (κ1) is 20.6. The molecule has 146 valence electrons. The Balaban J connectivity index is 1.73. The molecule has 0 aliphatic rings. The van der Waals surface area contributed by atoms with E-state index in [4.69, 9.17) is 21.1 Å². The van der Waals surface area contributed by atoms with Crippen molar-refractivity contribution in [3.05, 3.63) is 86.3 Å². The van der Waals surface area contributed by atoms with Gasteiger partial charge >= 0.3 is 0 Å². The lowest BCUT2D eigenvalue weighted by Crippen LogP contribution is -2.03. The highest BCUT2D eigenvalue weighted by Gasteiger charge is 2.11. The zero-order chi connectivity index (χ0) is 20.1. The van der Waals surface area contributed by atoms with Gasteiger partial charge in [0.25, 0.3) is 0 Å². The van der Waals surface area contributed by atoms with Gasteiger partial charge < -0.3 is 14.8 Å². The third-order valence-corrected chi connectivity index (χ3v) is 5.77. The summed E-state index contributed by atoms with van der Waals surface area (Å²) in [5, 5.41) is 4.15. The van der Waals surface area contributed by atoms with E-state index in [1.807, 2.05) is 36.4 Å². The van der Waals surface area contributed by atoms with Crippen LogP contribution in [0, 0.1) is 13.8 Å². The quantitative estimate of drug-likeness (QED) is 0.415. The van der Waals surface area contributed by atoms with E-state index in [0.29, 0.717) is 29.7 Å². The second-order valence-corrected chi connectivity index (χ2v) is 7.89. The van der Waals surface area contributed by atoms with E-state index in [9.17, 15) is 0 Å². The number of ether oxygens (including phenoxy) is 2. The lowest BCUT2D eigenvalue weighted by Gasteiger charge is -2.15. The van der Waals surface area contributed by atoms with Crippen molar-refractivity contribution in [2.45, 2.75) is 27.0 Å². The maximum atomic E-state index is 6.21. The fourth-order valence-corrected chi connectivity index (χ4v) is 3.46. The van der Waals surface area contributed by atoms with E-state index in [2.05, 4.69) is 53.3 Å². The van der Waals surface area contributed by atoms with Crippen LogP contribution in [0.25, 0.3) is 0 Å². The lowest BCUT2D eigenvalue weighted by molar-refractivity contribution is 0.284. The number of hydrogen-bond donors (Lipinski definition) is 1. The predicted molar refractivity (Wildman–Crippen MR) is 120 cm³/mol. The van der Waals surface area contributed by atoms with Crippen LogP contribution >= 0.6 is 27.5 Å². The Kier molecular flexibility index (Phi) is 6.87. The molecule has 3 aromatic carbocycles. The number of anilines is 1. The van der Waals surface area contributed by atoms with Gasteiger partial charge in [0.15, 0.2) is 11.5 Å². The molecule has 0 aliphatic heterocycles. The van der Waals surface area contributed by atoms with Crippen LogP contribution in [-0.4, -0.2) is 7.11 Å². The van der Waals surface area contributed by atoms with Crippen LogP contribution in [0.3, 0.4) is 0 Å². The Morgan fingerprint density at radius 1 is 0.929 bits per heavy atom.